The number of benzene rings is 2. The third kappa shape index (κ3) is 6.13. The fourth-order valence-corrected chi connectivity index (χ4v) is 4.47. The van der Waals surface area contributed by atoms with Gasteiger partial charge in [0.2, 0.25) is 0 Å². The molecule has 0 aromatic heterocycles. The number of nitrogens with two attached hydrogens (primary N) is 1. The van der Waals surface area contributed by atoms with Crippen LogP contribution in [0.5, 0.6) is 17.2 Å². The van der Waals surface area contributed by atoms with Gasteiger partial charge in [0.1, 0.15) is 11.8 Å². The fourth-order valence-electron chi connectivity index (χ4n) is 1.83. The van der Waals surface area contributed by atoms with Gasteiger partial charge in [-0.15, -0.1) is 5.75 Å². The van der Waals surface area contributed by atoms with Crippen LogP contribution in [0.3, 0.4) is 0 Å². The topological polar surface area (TPSA) is 95.6 Å². The smallest absolute Gasteiger partial charge is 0.872 e. The van der Waals surface area contributed by atoms with Crippen molar-refractivity contribution in [2.24, 2.45) is 5.73 Å². The van der Waals surface area contributed by atoms with Crippen LogP contribution in [0.4, 0.5) is 0 Å². The molecule has 3 N–H and O–H groups in total. The molecule has 24 heavy (non-hydrogen) atoms. The second-order valence-corrected chi connectivity index (χ2v) is 8.21. The van der Waals surface area contributed by atoms with Gasteiger partial charge >= 0.3 is 35.5 Å². The minimum absolute atomic E-state index is 0. The van der Waals surface area contributed by atoms with Gasteiger partial charge in [-0.1, -0.05) is 18.2 Å². The van der Waals surface area contributed by atoms with Gasteiger partial charge in [-0.05, 0) is 91.9 Å². The van der Waals surface area contributed by atoms with E-state index < -0.39 is 12.0 Å². The van der Waals surface area contributed by atoms with Gasteiger partial charge in [0.25, 0.3) is 0 Å². The normalized spacial score (nSPS) is 11.5. The van der Waals surface area contributed by atoms with E-state index in [0.717, 1.165) is 16.3 Å². The van der Waals surface area contributed by atoms with Crippen molar-refractivity contribution in [2.45, 2.75) is 12.5 Å². The van der Waals surface area contributed by atoms with E-state index in [1.165, 1.54) is 12.1 Å². The zero-order valence-corrected chi connectivity index (χ0v) is 21.0. The Morgan fingerprint density at radius 1 is 1.17 bits per heavy atom. The Morgan fingerprint density at radius 2 is 1.75 bits per heavy atom. The van der Waals surface area contributed by atoms with E-state index in [1.54, 1.807) is 6.07 Å². The van der Waals surface area contributed by atoms with Gasteiger partial charge < -0.3 is 20.7 Å². The second kappa shape index (κ2) is 10.1. The first-order chi connectivity index (χ1) is 10.8. The molecule has 0 saturated carbocycles. The molecular weight excluding hydrogens is 662 g/mol. The molecule has 0 aliphatic carbocycles. The summed E-state index contributed by atoms with van der Waals surface area (Å²) < 4.78 is 8.24. The van der Waals surface area contributed by atoms with Crippen molar-refractivity contribution in [3.8, 4) is 17.2 Å². The Bertz CT molecular complexity index is 734. The Kier molecular flexibility index (Phi) is 9.57. The van der Waals surface area contributed by atoms with Gasteiger partial charge in [-0.25, -0.2) is 0 Å². The first kappa shape index (κ1) is 22.7. The maximum atomic E-state index is 11.4. The van der Waals surface area contributed by atoms with Crippen molar-refractivity contribution in [1.82, 2.24) is 0 Å². The molecule has 2 rings (SSSR count). The Hall–Kier alpha value is 0.660. The molecule has 0 fully saturated rings. The minimum Gasteiger partial charge on any atom is -0.872 e. The number of rotatable bonds is 5. The molecule has 2 aromatic carbocycles. The van der Waals surface area contributed by atoms with Crippen LogP contribution in [0.2, 0.25) is 0 Å². The number of hydrogen-bond acceptors (Lipinski definition) is 4. The fraction of sp³-hybridized carbons (Fsp3) is 0.133. The first-order valence-electron chi connectivity index (χ1n) is 6.38. The largest absolute Gasteiger partial charge is 1.00 e. The number of carboxylic acids is 1. The van der Waals surface area contributed by atoms with Gasteiger partial charge in [0.15, 0.2) is 5.75 Å². The standard InChI is InChI=1S/C15H12I3NO4.Na/c16-10-6-9(2-1-7(10)3-13(19)15(21)22)23-14-11(17)4-8(20)5-12(14)18;/h1-2,4-6,13,20H,3,19H2,(H,21,22);/q;+1/p-1/t13-;/m1./s1. The van der Waals surface area contributed by atoms with Gasteiger partial charge in [-0.2, -0.15) is 0 Å². The molecule has 1 atom stereocenters. The zero-order chi connectivity index (χ0) is 17.1. The molecule has 0 amide bonds. The third-order valence-corrected chi connectivity index (χ3v) is 5.58. The van der Waals surface area contributed by atoms with E-state index in [-0.39, 0.29) is 41.7 Å². The number of hydrogen-bond donors (Lipinski definition) is 2. The van der Waals surface area contributed by atoms with Gasteiger partial charge in [0.05, 0.1) is 7.14 Å². The van der Waals surface area contributed by atoms with Crippen LogP contribution in [0, 0.1) is 10.7 Å². The zero-order valence-electron chi connectivity index (χ0n) is 12.6. The summed E-state index contributed by atoms with van der Waals surface area (Å²) in [7, 11) is 0. The summed E-state index contributed by atoms with van der Waals surface area (Å²) in [4.78, 5) is 10.8. The van der Waals surface area contributed by atoms with Crippen molar-refractivity contribution in [1.29, 1.82) is 0 Å². The van der Waals surface area contributed by atoms with E-state index in [1.807, 2.05) is 12.1 Å². The Labute approximate surface area is 202 Å². The summed E-state index contributed by atoms with van der Waals surface area (Å²) in [5.74, 6) is 0.176. The quantitative estimate of drug-likeness (QED) is 0.353. The number of halogens is 3. The van der Waals surface area contributed by atoms with E-state index >= 15 is 0 Å². The first-order valence-corrected chi connectivity index (χ1v) is 9.62. The van der Waals surface area contributed by atoms with Crippen molar-refractivity contribution in [3.05, 3.63) is 46.6 Å². The number of carboxylic acid groups (broad SMARTS) is 1. The maximum Gasteiger partial charge on any atom is 1.00 e. The van der Waals surface area contributed by atoms with Crippen LogP contribution < -0.4 is 45.1 Å². The summed E-state index contributed by atoms with van der Waals surface area (Å²) >= 11 is 6.25. The van der Waals surface area contributed by atoms with Crippen LogP contribution in [-0.2, 0) is 11.2 Å². The predicted molar refractivity (Wildman–Crippen MR) is 110 cm³/mol. The molecular formula is C15H11I3NNaO4. The molecule has 0 aliphatic heterocycles. The van der Waals surface area contributed by atoms with Crippen LogP contribution in [0.15, 0.2) is 30.3 Å². The Balaban J connectivity index is 0.00000288. The minimum atomic E-state index is -1.03. The average molecular weight is 673 g/mol. The summed E-state index contributed by atoms with van der Waals surface area (Å²) in [5.41, 5.74) is 6.42. The molecule has 122 valence electrons. The van der Waals surface area contributed by atoms with E-state index in [9.17, 15) is 9.90 Å². The van der Waals surface area contributed by atoms with Crippen molar-refractivity contribution >= 4 is 73.7 Å². The second-order valence-electron chi connectivity index (χ2n) is 4.72. The molecule has 0 saturated heterocycles. The maximum absolute atomic E-state index is 11.4. The monoisotopic (exact) mass is 673 g/mol. The average Bonchev–Trinajstić information content (AvgIpc) is 2.45. The van der Waals surface area contributed by atoms with Crippen molar-refractivity contribution in [2.75, 3.05) is 0 Å². The van der Waals surface area contributed by atoms with Crippen molar-refractivity contribution < 1.29 is 49.3 Å². The van der Waals surface area contributed by atoms with Crippen molar-refractivity contribution in [3.63, 3.8) is 0 Å². The number of carbonyl (C=O) groups is 1. The molecule has 5 nitrogen and oxygen atoms in total. The summed E-state index contributed by atoms with van der Waals surface area (Å²) in [6, 6.07) is 7.50. The number of ether oxygens (including phenoxy) is 1. The third-order valence-electron chi connectivity index (χ3n) is 2.97. The van der Waals surface area contributed by atoms with Crippen LogP contribution in [-0.4, -0.2) is 17.1 Å². The molecule has 0 radical (unpaired) electrons. The summed E-state index contributed by atoms with van der Waals surface area (Å²) in [6.07, 6.45) is 0.258. The summed E-state index contributed by atoms with van der Waals surface area (Å²) in [5, 5.41) is 20.3. The number of aliphatic carboxylic acids is 1. The van der Waals surface area contributed by atoms with E-state index in [0.29, 0.717) is 11.5 Å². The van der Waals surface area contributed by atoms with E-state index in [2.05, 4.69) is 67.8 Å². The van der Waals surface area contributed by atoms with E-state index in [4.69, 9.17) is 15.6 Å². The molecule has 0 aliphatic rings. The molecule has 0 unspecified atom stereocenters. The van der Waals surface area contributed by atoms with Gasteiger partial charge in [-0.3, -0.25) is 4.79 Å². The molecule has 0 heterocycles. The van der Waals surface area contributed by atoms with Crippen LogP contribution >= 0.6 is 67.8 Å². The summed E-state index contributed by atoms with van der Waals surface area (Å²) in [6.45, 7) is 0. The molecule has 2 aromatic rings. The SMILES string of the molecule is N[C@H](Cc1ccc(Oc2c(I)cc([O-])cc2I)cc1I)C(=O)O.[Na+]. The molecule has 0 spiro atoms. The van der Waals surface area contributed by atoms with Crippen LogP contribution in [0.1, 0.15) is 5.56 Å². The predicted octanol–water partition coefficient (Wildman–Crippen LogP) is 0.325. The van der Waals surface area contributed by atoms with Crippen LogP contribution in [0.25, 0.3) is 0 Å². The molecule has 0 bridgehead atoms. The van der Waals surface area contributed by atoms with Gasteiger partial charge in [0, 0.05) is 3.57 Å². The molecule has 9 heteroatoms. The Morgan fingerprint density at radius 3 is 2.25 bits per heavy atom.